The highest BCUT2D eigenvalue weighted by atomic mass is 32.2. The summed E-state index contributed by atoms with van der Waals surface area (Å²) in [5, 5.41) is 6.59. The van der Waals surface area contributed by atoms with Crippen LogP contribution in [0.2, 0.25) is 0 Å². The molecule has 3 aromatic rings. The van der Waals surface area contributed by atoms with Crippen LogP contribution in [0.15, 0.2) is 53.4 Å². The topological polar surface area (TPSA) is 68.3 Å². The molecule has 1 unspecified atom stereocenters. The molecule has 1 atom stereocenters. The van der Waals surface area contributed by atoms with E-state index in [-0.39, 0.29) is 4.90 Å². The molecule has 0 aliphatic carbocycles. The number of fused-ring (bicyclic) bond motifs is 3. The molecule has 0 bridgehead atoms. The van der Waals surface area contributed by atoms with Crippen molar-refractivity contribution in [2.24, 2.45) is 5.14 Å². The standard InChI is InChI=1S/C22H23N3O2S/c1-14-3-8-21-19(9-14)20-13-24(2)11-17-10-16(12-25(21)22(17)20)15-4-6-18(7-5-15)28(23,26)27/h3-10,17H,11-13H2,1-2H3,(H2,23,26,27). The first kappa shape index (κ1) is 17.7. The third-order valence-corrected chi connectivity index (χ3v) is 6.87. The Hall–Kier alpha value is -2.41. The predicted molar refractivity (Wildman–Crippen MR) is 112 cm³/mol. The van der Waals surface area contributed by atoms with Gasteiger partial charge in [-0.05, 0) is 54.9 Å². The number of benzene rings is 2. The number of sulfonamides is 1. The summed E-state index contributed by atoms with van der Waals surface area (Å²) in [5.74, 6) is 0.336. The number of hydrogen-bond donors (Lipinski definition) is 1. The summed E-state index contributed by atoms with van der Waals surface area (Å²) in [7, 11) is -1.50. The SMILES string of the molecule is Cc1ccc2c(c1)c1c3n2CC(c2ccc(S(N)(=O)=O)cc2)=CC3CN(C)C1. The van der Waals surface area contributed by atoms with Gasteiger partial charge in [0.05, 0.1) is 4.90 Å². The Morgan fingerprint density at radius 2 is 1.82 bits per heavy atom. The van der Waals surface area contributed by atoms with Gasteiger partial charge in [0.1, 0.15) is 0 Å². The van der Waals surface area contributed by atoms with Crippen molar-refractivity contribution in [1.29, 1.82) is 0 Å². The van der Waals surface area contributed by atoms with Gasteiger partial charge in [-0.1, -0.05) is 29.8 Å². The van der Waals surface area contributed by atoms with Crippen molar-refractivity contribution in [2.45, 2.75) is 30.8 Å². The first-order valence-corrected chi connectivity index (χ1v) is 11.0. The number of aromatic nitrogens is 1. The number of primary sulfonamides is 1. The summed E-state index contributed by atoms with van der Waals surface area (Å²) in [5.41, 5.74) is 7.70. The second-order valence-corrected chi connectivity index (χ2v) is 9.60. The highest BCUT2D eigenvalue weighted by Crippen LogP contribution is 2.42. The van der Waals surface area contributed by atoms with E-state index in [4.69, 9.17) is 5.14 Å². The minimum atomic E-state index is -3.67. The van der Waals surface area contributed by atoms with E-state index >= 15 is 0 Å². The molecule has 2 N–H and O–H groups in total. The molecule has 0 saturated carbocycles. The second kappa shape index (κ2) is 6.04. The lowest BCUT2D eigenvalue weighted by molar-refractivity contribution is 0.292. The van der Waals surface area contributed by atoms with Crippen LogP contribution in [-0.2, 0) is 23.1 Å². The molecule has 5 rings (SSSR count). The number of nitrogens with two attached hydrogens (primary N) is 1. The average molecular weight is 394 g/mol. The molecule has 2 aromatic carbocycles. The molecule has 0 amide bonds. The van der Waals surface area contributed by atoms with E-state index in [1.165, 1.54) is 33.3 Å². The van der Waals surface area contributed by atoms with E-state index in [1.807, 2.05) is 12.1 Å². The molecular formula is C22H23N3O2S. The molecule has 6 heteroatoms. The van der Waals surface area contributed by atoms with Gasteiger partial charge in [-0.2, -0.15) is 0 Å². The fourth-order valence-corrected chi connectivity index (χ4v) is 5.23. The third kappa shape index (κ3) is 2.71. The lowest BCUT2D eigenvalue weighted by Crippen LogP contribution is -2.32. The lowest BCUT2D eigenvalue weighted by Gasteiger charge is -2.34. The Bertz CT molecular complexity index is 1240. The highest BCUT2D eigenvalue weighted by molar-refractivity contribution is 7.89. The maximum atomic E-state index is 11.6. The van der Waals surface area contributed by atoms with Gasteiger partial charge in [0.2, 0.25) is 10.0 Å². The molecule has 0 fully saturated rings. The van der Waals surface area contributed by atoms with Gasteiger partial charge in [-0.3, -0.25) is 0 Å². The van der Waals surface area contributed by atoms with Gasteiger partial charge in [0.25, 0.3) is 0 Å². The minimum absolute atomic E-state index is 0.148. The van der Waals surface area contributed by atoms with Crippen LogP contribution < -0.4 is 5.14 Å². The van der Waals surface area contributed by atoms with Gasteiger partial charge in [-0.15, -0.1) is 0 Å². The number of allylic oxidation sites excluding steroid dienone is 1. The molecule has 5 nitrogen and oxygen atoms in total. The maximum absolute atomic E-state index is 11.6. The van der Waals surface area contributed by atoms with Crippen molar-refractivity contribution in [3.63, 3.8) is 0 Å². The summed E-state index contributed by atoms with van der Waals surface area (Å²) < 4.78 is 25.6. The zero-order valence-electron chi connectivity index (χ0n) is 16.0. The number of rotatable bonds is 2. The molecular weight excluding hydrogens is 370 g/mol. The largest absolute Gasteiger partial charge is 0.339 e. The molecule has 144 valence electrons. The molecule has 2 aliphatic rings. The van der Waals surface area contributed by atoms with Crippen LogP contribution in [0.5, 0.6) is 0 Å². The van der Waals surface area contributed by atoms with Crippen molar-refractivity contribution in [3.8, 4) is 0 Å². The molecule has 0 spiro atoms. The Labute approximate surface area is 165 Å². The number of aryl methyl sites for hydroxylation is 1. The average Bonchev–Trinajstić information content (AvgIpc) is 2.95. The van der Waals surface area contributed by atoms with E-state index in [0.29, 0.717) is 5.92 Å². The van der Waals surface area contributed by atoms with Crippen molar-refractivity contribution < 1.29 is 8.42 Å². The summed E-state index contributed by atoms with van der Waals surface area (Å²) >= 11 is 0. The van der Waals surface area contributed by atoms with Gasteiger partial charge in [0, 0.05) is 42.1 Å². The second-order valence-electron chi connectivity index (χ2n) is 8.04. The fourth-order valence-electron chi connectivity index (χ4n) is 4.72. The molecule has 28 heavy (non-hydrogen) atoms. The highest BCUT2D eigenvalue weighted by Gasteiger charge is 2.32. The van der Waals surface area contributed by atoms with Crippen molar-refractivity contribution in [2.75, 3.05) is 13.6 Å². The van der Waals surface area contributed by atoms with Crippen LogP contribution in [0.3, 0.4) is 0 Å². The summed E-state index contributed by atoms with van der Waals surface area (Å²) in [6, 6.07) is 13.6. The lowest BCUT2D eigenvalue weighted by atomic mass is 9.89. The van der Waals surface area contributed by atoms with Crippen LogP contribution in [0, 0.1) is 6.92 Å². The van der Waals surface area contributed by atoms with Crippen LogP contribution in [0.4, 0.5) is 0 Å². The Balaban J connectivity index is 1.64. The number of hydrogen-bond acceptors (Lipinski definition) is 3. The quantitative estimate of drug-likeness (QED) is 0.727. The molecule has 1 aromatic heterocycles. The zero-order chi connectivity index (χ0) is 19.6. The van der Waals surface area contributed by atoms with Crippen LogP contribution >= 0.6 is 0 Å². The first-order valence-electron chi connectivity index (χ1n) is 9.45. The zero-order valence-corrected chi connectivity index (χ0v) is 16.8. The molecule has 0 radical (unpaired) electrons. The molecule has 2 aliphatic heterocycles. The molecule has 3 heterocycles. The van der Waals surface area contributed by atoms with Crippen molar-refractivity contribution >= 4 is 26.5 Å². The summed E-state index contributed by atoms with van der Waals surface area (Å²) in [4.78, 5) is 2.53. The fraction of sp³-hybridized carbons (Fsp3) is 0.273. The smallest absolute Gasteiger partial charge is 0.238 e. The van der Waals surface area contributed by atoms with Crippen LogP contribution in [-0.4, -0.2) is 31.5 Å². The number of nitrogens with zero attached hydrogens (tertiary/aromatic N) is 2. The van der Waals surface area contributed by atoms with E-state index < -0.39 is 10.0 Å². The van der Waals surface area contributed by atoms with Crippen LogP contribution in [0.1, 0.15) is 28.3 Å². The van der Waals surface area contributed by atoms with Crippen molar-refractivity contribution in [1.82, 2.24) is 9.47 Å². The normalized spacial score (nSPS) is 19.5. The predicted octanol–water partition coefficient (Wildman–Crippen LogP) is 3.22. The number of likely N-dealkylation sites (N-methyl/N-ethyl adjacent to an activating group) is 1. The summed E-state index contributed by atoms with van der Waals surface area (Å²) in [6.07, 6.45) is 2.35. The van der Waals surface area contributed by atoms with Crippen LogP contribution in [0.25, 0.3) is 16.5 Å². The van der Waals surface area contributed by atoms with Gasteiger partial charge in [0.15, 0.2) is 0 Å². The Morgan fingerprint density at radius 1 is 1.07 bits per heavy atom. The third-order valence-electron chi connectivity index (χ3n) is 5.94. The van der Waals surface area contributed by atoms with Gasteiger partial charge < -0.3 is 9.47 Å². The minimum Gasteiger partial charge on any atom is -0.339 e. The Kier molecular flexibility index (Phi) is 3.81. The molecule has 0 saturated heterocycles. The van der Waals surface area contributed by atoms with Gasteiger partial charge in [-0.25, -0.2) is 13.6 Å². The van der Waals surface area contributed by atoms with E-state index in [9.17, 15) is 8.42 Å². The van der Waals surface area contributed by atoms with E-state index in [1.54, 1.807) is 12.1 Å². The monoisotopic (exact) mass is 393 g/mol. The Morgan fingerprint density at radius 3 is 2.54 bits per heavy atom. The maximum Gasteiger partial charge on any atom is 0.238 e. The first-order chi connectivity index (χ1) is 13.3. The van der Waals surface area contributed by atoms with E-state index in [2.05, 4.69) is 47.7 Å². The van der Waals surface area contributed by atoms with Crippen molar-refractivity contribution in [3.05, 3.63) is 70.9 Å². The summed E-state index contributed by atoms with van der Waals surface area (Å²) in [6.45, 7) is 4.90. The van der Waals surface area contributed by atoms with Gasteiger partial charge >= 0.3 is 0 Å². The van der Waals surface area contributed by atoms with E-state index in [0.717, 1.165) is 25.2 Å².